The van der Waals surface area contributed by atoms with Gasteiger partial charge in [-0.05, 0) is 30.0 Å². The van der Waals surface area contributed by atoms with Gasteiger partial charge in [0, 0.05) is 0 Å². The lowest BCUT2D eigenvalue weighted by Crippen LogP contribution is -2.51. The van der Waals surface area contributed by atoms with Gasteiger partial charge in [0.25, 0.3) is 5.56 Å². The molecule has 0 unspecified atom stereocenters. The molecule has 7 heteroatoms. The number of aliphatic carboxylic acids is 1. The molecule has 1 aromatic heterocycles. The molecule has 1 amide bonds. The zero-order chi connectivity index (χ0) is 21.0. The summed E-state index contributed by atoms with van der Waals surface area (Å²) in [7, 11) is 0. The largest absolute Gasteiger partial charge is 0.548 e. The zero-order valence-corrected chi connectivity index (χ0v) is 16.2. The molecule has 0 aliphatic rings. The standard InChI is InChI=1S/C22H23N3O4/c1-14(2)12-18(22(28)29)24-20(26)19(15-8-4-3-5-9-15)25-13-23-17-11-7-6-10-16(17)21(25)27/h3-11,13-14,18-19H,12H2,1-2H3,(H,24,26)(H,28,29)/p-1/t18-,19-/m0/s1. The predicted octanol–water partition coefficient (Wildman–Crippen LogP) is 1.27. The number of hydrogen-bond donors (Lipinski definition) is 1. The summed E-state index contributed by atoms with van der Waals surface area (Å²) in [6, 6.07) is 13.4. The third-order valence-electron chi connectivity index (χ3n) is 4.64. The Labute approximate surface area is 168 Å². The van der Waals surface area contributed by atoms with Crippen molar-refractivity contribution in [1.29, 1.82) is 0 Å². The second-order valence-corrected chi connectivity index (χ2v) is 7.30. The number of para-hydroxylation sites is 1. The second kappa shape index (κ2) is 8.68. The molecular formula is C22H22N3O4-. The maximum atomic E-state index is 13.1. The molecule has 0 aliphatic heterocycles. The summed E-state index contributed by atoms with van der Waals surface area (Å²) < 4.78 is 1.23. The number of amides is 1. The first-order valence-corrected chi connectivity index (χ1v) is 9.40. The molecule has 3 aromatic rings. The first-order valence-electron chi connectivity index (χ1n) is 9.40. The molecule has 2 aromatic carbocycles. The van der Waals surface area contributed by atoms with E-state index in [1.54, 1.807) is 54.6 Å². The van der Waals surface area contributed by atoms with Crippen LogP contribution in [0.3, 0.4) is 0 Å². The van der Waals surface area contributed by atoms with Crippen LogP contribution in [-0.2, 0) is 9.59 Å². The lowest BCUT2D eigenvalue weighted by atomic mass is 10.0. The minimum atomic E-state index is -1.36. The molecule has 0 spiro atoms. The molecule has 150 valence electrons. The fraction of sp³-hybridized carbons (Fsp3) is 0.273. The number of fused-ring (bicyclic) bond motifs is 1. The van der Waals surface area contributed by atoms with E-state index in [0.717, 1.165) is 0 Å². The Bertz CT molecular complexity index is 1080. The number of carboxylic acid groups (broad SMARTS) is 1. The van der Waals surface area contributed by atoms with Crippen LogP contribution in [0, 0.1) is 5.92 Å². The van der Waals surface area contributed by atoms with Crippen molar-refractivity contribution >= 4 is 22.8 Å². The number of carboxylic acids is 1. The van der Waals surface area contributed by atoms with Gasteiger partial charge in [0.15, 0.2) is 0 Å². The fourth-order valence-electron chi connectivity index (χ4n) is 3.28. The van der Waals surface area contributed by atoms with Gasteiger partial charge in [-0.15, -0.1) is 0 Å². The van der Waals surface area contributed by atoms with Gasteiger partial charge in [-0.3, -0.25) is 14.2 Å². The molecule has 0 radical (unpaired) electrons. The number of rotatable bonds is 7. The molecule has 0 saturated carbocycles. The average Bonchev–Trinajstić information content (AvgIpc) is 2.70. The summed E-state index contributed by atoms with van der Waals surface area (Å²) in [5, 5.41) is 14.4. The SMILES string of the molecule is CC(C)C[C@H](NC(=O)[C@H](c1ccccc1)n1cnc2ccccc2c1=O)C(=O)[O-]. The molecule has 0 saturated heterocycles. The lowest BCUT2D eigenvalue weighted by molar-refractivity contribution is -0.308. The monoisotopic (exact) mass is 392 g/mol. The summed E-state index contributed by atoms with van der Waals surface area (Å²) in [5.41, 5.74) is 0.688. The van der Waals surface area contributed by atoms with E-state index < -0.39 is 24.0 Å². The minimum Gasteiger partial charge on any atom is -0.548 e. The Balaban J connectivity index is 2.07. The number of hydrogen-bond acceptors (Lipinski definition) is 5. The van der Waals surface area contributed by atoms with Crippen molar-refractivity contribution in [3.8, 4) is 0 Å². The van der Waals surface area contributed by atoms with Crippen LogP contribution in [0.5, 0.6) is 0 Å². The molecule has 0 aliphatic carbocycles. The summed E-state index contributed by atoms with van der Waals surface area (Å²) in [5.74, 6) is -1.92. The van der Waals surface area contributed by atoms with E-state index in [-0.39, 0.29) is 17.9 Å². The van der Waals surface area contributed by atoms with Gasteiger partial charge in [0.05, 0.1) is 29.2 Å². The highest BCUT2D eigenvalue weighted by atomic mass is 16.4. The smallest absolute Gasteiger partial charge is 0.262 e. The van der Waals surface area contributed by atoms with Crippen LogP contribution < -0.4 is 16.0 Å². The maximum absolute atomic E-state index is 13.1. The zero-order valence-electron chi connectivity index (χ0n) is 16.2. The highest BCUT2D eigenvalue weighted by Crippen LogP contribution is 2.19. The maximum Gasteiger partial charge on any atom is 0.262 e. The van der Waals surface area contributed by atoms with E-state index in [2.05, 4.69) is 10.3 Å². The number of nitrogens with zero attached hydrogens (tertiary/aromatic N) is 2. The molecule has 2 atom stereocenters. The van der Waals surface area contributed by atoms with Crippen molar-refractivity contribution in [3.63, 3.8) is 0 Å². The molecule has 0 bridgehead atoms. The first kappa shape index (κ1) is 20.3. The van der Waals surface area contributed by atoms with Crippen LogP contribution in [0.2, 0.25) is 0 Å². The number of carbonyl (C=O) groups excluding carboxylic acids is 2. The Morgan fingerprint density at radius 2 is 1.72 bits per heavy atom. The number of benzene rings is 2. The molecule has 0 fully saturated rings. The van der Waals surface area contributed by atoms with E-state index in [4.69, 9.17) is 0 Å². The lowest BCUT2D eigenvalue weighted by Gasteiger charge is -2.26. The third kappa shape index (κ3) is 4.51. The summed E-state index contributed by atoms with van der Waals surface area (Å²) in [4.78, 5) is 42.0. The van der Waals surface area contributed by atoms with Crippen LogP contribution in [0.1, 0.15) is 31.9 Å². The van der Waals surface area contributed by atoms with Gasteiger partial charge in [-0.25, -0.2) is 4.98 Å². The topological polar surface area (TPSA) is 104 Å². The van der Waals surface area contributed by atoms with Crippen LogP contribution in [0.25, 0.3) is 10.9 Å². The van der Waals surface area contributed by atoms with Gasteiger partial charge in [0.2, 0.25) is 5.91 Å². The van der Waals surface area contributed by atoms with Crippen molar-refractivity contribution < 1.29 is 14.7 Å². The number of aromatic nitrogens is 2. The van der Waals surface area contributed by atoms with E-state index in [0.29, 0.717) is 16.5 Å². The van der Waals surface area contributed by atoms with Gasteiger partial charge in [-0.1, -0.05) is 56.3 Å². The van der Waals surface area contributed by atoms with Crippen molar-refractivity contribution in [2.45, 2.75) is 32.4 Å². The molecule has 3 rings (SSSR count). The fourth-order valence-corrected chi connectivity index (χ4v) is 3.28. The highest BCUT2D eigenvalue weighted by molar-refractivity contribution is 5.88. The summed E-state index contributed by atoms with van der Waals surface area (Å²) in [6.45, 7) is 3.71. The van der Waals surface area contributed by atoms with E-state index in [1.165, 1.54) is 10.9 Å². The van der Waals surface area contributed by atoms with Gasteiger partial charge >= 0.3 is 0 Å². The van der Waals surface area contributed by atoms with Gasteiger partial charge in [0.1, 0.15) is 6.04 Å². The molecule has 1 heterocycles. The van der Waals surface area contributed by atoms with Crippen molar-refractivity contribution in [2.24, 2.45) is 5.92 Å². The van der Waals surface area contributed by atoms with Crippen LogP contribution >= 0.6 is 0 Å². The summed E-state index contributed by atoms with van der Waals surface area (Å²) >= 11 is 0. The Morgan fingerprint density at radius 1 is 1.07 bits per heavy atom. The molecule has 7 nitrogen and oxygen atoms in total. The first-order chi connectivity index (χ1) is 13.9. The van der Waals surface area contributed by atoms with Crippen LogP contribution in [0.15, 0.2) is 65.7 Å². The Hall–Kier alpha value is -3.48. The summed E-state index contributed by atoms with van der Waals surface area (Å²) in [6.07, 6.45) is 1.54. The normalized spacial score (nSPS) is 13.2. The number of carbonyl (C=O) groups is 2. The van der Waals surface area contributed by atoms with Crippen molar-refractivity contribution in [3.05, 3.63) is 76.8 Å². The van der Waals surface area contributed by atoms with E-state index >= 15 is 0 Å². The van der Waals surface area contributed by atoms with Crippen LogP contribution in [0.4, 0.5) is 0 Å². The third-order valence-corrected chi connectivity index (χ3v) is 4.64. The van der Waals surface area contributed by atoms with E-state index in [9.17, 15) is 19.5 Å². The minimum absolute atomic E-state index is 0.0402. The van der Waals surface area contributed by atoms with Crippen molar-refractivity contribution in [2.75, 3.05) is 0 Å². The van der Waals surface area contributed by atoms with Crippen molar-refractivity contribution in [1.82, 2.24) is 14.9 Å². The van der Waals surface area contributed by atoms with E-state index in [1.807, 2.05) is 13.8 Å². The van der Waals surface area contributed by atoms with Gasteiger partial charge in [-0.2, -0.15) is 0 Å². The Morgan fingerprint density at radius 3 is 2.38 bits per heavy atom. The quantitative estimate of drug-likeness (QED) is 0.652. The molecule has 1 N–H and O–H groups in total. The molecule has 29 heavy (non-hydrogen) atoms. The number of nitrogens with one attached hydrogen (secondary N) is 1. The molecular weight excluding hydrogens is 370 g/mol. The van der Waals surface area contributed by atoms with Crippen LogP contribution in [-0.4, -0.2) is 27.5 Å². The average molecular weight is 392 g/mol. The predicted molar refractivity (Wildman–Crippen MR) is 107 cm³/mol. The van der Waals surface area contributed by atoms with Gasteiger partial charge < -0.3 is 15.2 Å². The highest BCUT2D eigenvalue weighted by Gasteiger charge is 2.27. The second-order valence-electron chi connectivity index (χ2n) is 7.30. The Kier molecular flexibility index (Phi) is 6.07.